The molecule has 1 heterocycles. The molecule has 0 radical (unpaired) electrons. The highest BCUT2D eigenvalue weighted by Gasteiger charge is 2.21. The van der Waals surface area contributed by atoms with Crippen molar-refractivity contribution in [1.29, 1.82) is 0 Å². The van der Waals surface area contributed by atoms with Gasteiger partial charge in [-0.2, -0.15) is 0 Å². The minimum atomic E-state index is -3.64. The van der Waals surface area contributed by atoms with E-state index >= 15 is 0 Å². The van der Waals surface area contributed by atoms with Crippen LogP contribution in [0.5, 0.6) is 0 Å². The molecule has 3 rings (SSSR count). The van der Waals surface area contributed by atoms with Crippen molar-refractivity contribution in [3.05, 3.63) is 47.5 Å². The van der Waals surface area contributed by atoms with Gasteiger partial charge in [-0.05, 0) is 49.2 Å². The molecule has 1 aliphatic heterocycles. The first-order valence-corrected chi connectivity index (χ1v) is 11.1. The second-order valence-corrected chi connectivity index (χ2v) is 9.49. The number of aryl methyl sites for hydroxylation is 1. The number of carbonyl (C=O) groups is 2. The summed E-state index contributed by atoms with van der Waals surface area (Å²) in [5.74, 6) is -0.495. The minimum Gasteiger partial charge on any atom is -0.326 e. The fourth-order valence-corrected chi connectivity index (χ4v) is 4.75. The van der Waals surface area contributed by atoms with E-state index in [4.69, 9.17) is 0 Å². The van der Waals surface area contributed by atoms with Crippen molar-refractivity contribution in [2.45, 2.75) is 30.1 Å². The molecule has 8 heteroatoms. The number of sulfone groups is 1. The van der Waals surface area contributed by atoms with Crippen LogP contribution in [0, 0.1) is 13.8 Å². The number of benzene rings is 2. The van der Waals surface area contributed by atoms with Gasteiger partial charge in [0, 0.05) is 17.0 Å². The molecule has 0 saturated carbocycles. The van der Waals surface area contributed by atoms with Crippen molar-refractivity contribution in [2.24, 2.45) is 0 Å². The largest absolute Gasteiger partial charge is 0.326 e. The Bertz CT molecular complexity index is 1020. The van der Waals surface area contributed by atoms with Crippen molar-refractivity contribution in [3.63, 3.8) is 0 Å². The van der Waals surface area contributed by atoms with Crippen LogP contribution in [0.25, 0.3) is 0 Å². The van der Waals surface area contributed by atoms with Gasteiger partial charge in [-0.1, -0.05) is 12.1 Å². The first-order chi connectivity index (χ1) is 12.8. The van der Waals surface area contributed by atoms with E-state index in [9.17, 15) is 18.0 Å². The number of hydrogen-bond donors (Lipinski definition) is 2. The average Bonchev–Trinajstić information content (AvgIpc) is 2.63. The molecular weight excluding hydrogens is 384 g/mol. The molecule has 142 valence electrons. The second-order valence-electron chi connectivity index (χ2n) is 6.36. The predicted molar refractivity (Wildman–Crippen MR) is 107 cm³/mol. The standard InChI is InChI=1S/C19H20N2O4S2/c1-12-4-3-5-15(13(12)2)20-18(22)8-9-27(24,25)14-6-7-17-16(10-14)21-19(23)11-26-17/h3-7,10H,8-9,11H2,1-2H3,(H,20,22)(H,21,23). The molecule has 0 fully saturated rings. The number of amides is 2. The lowest BCUT2D eigenvalue weighted by Gasteiger charge is -2.17. The SMILES string of the molecule is Cc1cccc(NC(=O)CCS(=O)(=O)c2ccc3c(c2)NC(=O)CS3)c1C. The Morgan fingerprint density at radius 3 is 2.78 bits per heavy atom. The third kappa shape index (κ3) is 4.51. The number of hydrogen-bond acceptors (Lipinski definition) is 5. The number of fused-ring (bicyclic) bond motifs is 1. The molecule has 0 atom stereocenters. The minimum absolute atomic E-state index is 0.101. The lowest BCUT2D eigenvalue weighted by molar-refractivity contribution is -0.116. The van der Waals surface area contributed by atoms with Crippen molar-refractivity contribution in [2.75, 3.05) is 22.1 Å². The fourth-order valence-electron chi connectivity index (χ4n) is 2.70. The average molecular weight is 405 g/mol. The molecule has 2 N–H and O–H groups in total. The number of carbonyl (C=O) groups excluding carboxylic acids is 2. The summed E-state index contributed by atoms with van der Waals surface area (Å²) in [6.45, 7) is 3.85. The van der Waals surface area contributed by atoms with Crippen LogP contribution >= 0.6 is 11.8 Å². The second kappa shape index (κ2) is 7.74. The summed E-state index contributed by atoms with van der Waals surface area (Å²) in [6.07, 6.45) is -0.145. The van der Waals surface area contributed by atoms with Crippen LogP contribution in [0.2, 0.25) is 0 Å². The van der Waals surface area contributed by atoms with Gasteiger partial charge >= 0.3 is 0 Å². The maximum Gasteiger partial charge on any atom is 0.234 e. The summed E-state index contributed by atoms with van der Waals surface area (Å²) in [5.41, 5.74) is 3.19. The molecule has 1 aliphatic rings. The Morgan fingerprint density at radius 2 is 2.00 bits per heavy atom. The van der Waals surface area contributed by atoms with E-state index in [1.54, 1.807) is 12.1 Å². The topological polar surface area (TPSA) is 92.3 Å². The number of anilines is 2. The molecule has 2 aromatic rings. The molecule has 2 amide bonds. The summed E-state index contributed by atoms with van der Waals surface area (Å²) in [4.78, 5) is 24.6. The summed E-state index contributed by atoms with van der Waals surface area (Å²) in [5, 5.41) is 5.45. The first kappa shape index (κ1) is 19.4. The Balaban J connectivity index is 1.68. The lowest BCUT2D eigenvalue weighted by atomic mass is 10.1. The van der Waals surface area contributed by atoms with E-state index in [1.807, 2.05) is 26.0 Å². The van der Waals surface area contributed by atoms with Crippen LogP contribution in [-0.2, 0) is 19.4 Å². The van der Waals surface area contributed by atoms with Gasteiger partial charge in [0.2, 0.25) is 11.8 Å². The van der Waals surface area contributed by atoms with Gasteiger partial charge in [0.25, 0.3) is 0 Å². The third-order valence-corrected chi connectivity index (χ3v) is 7.21. The van der Waals surface area contributed by atoms with Crippen molar-refractivity contribution in [3.8, 4) is 0 Å². The monoisotopic (exact) mass is 404 g/mol. The Kier molecular flexibility index (Phi) is 5.57. The summed E-state index contributed by atoms with van der Waals surface area (Å²) in [7, 11) is -3.64. The lowest BCUT2D eigenvalue weighted by Crippen LogP contribution is -2.20. The molecule has 0 saturated heterocycles. The predicted octanol–water partition coefficient (Wildman–Crippen LogP) is 3.15. The first-order valence-electron chi connectivity index (χ1n) is 8.42. The third-order valence-electron chi connectivity index (χ3n) is 4.42. The van der Waals surface area contributed by atoms with E-state index in [1.165, 1.54) is 23.9 Å². The van der Waals surface area contributed by atoms with E-state index in [-0.39, 0.29) is 28.9 Å². The van der Waals surface area contributed by atoms with Crippen LogP contribution in [0.3, 0.4) is 0 Å². The summed E-state index contributed by atoms with van der Waals surface area (Å²) >= 11 is 1.37. The zero-order valence-corrected chi connectivity index (χ0v) is 16.7. The molecule has 2 aromatic carbocycles. The van der Waals surface area contributed by atoms with Crippen LogP contribution in [0.15, 0.2) is 46.2 Å². The van der Waals surface area contributed by atoms with Gasteiger partial charge in [0.15, 0.2) is 9.84 Å². The normalized spacial score (nSPS) is 13.6. The van der Waals surface area contributed by atoms with Crippen LogP contribution in [-0.4, -0.2) is 31.7 Å². The summed E-state index contributed by atoms with van der Waals surface area (Å²) in [6, 6.07) is 10.2. The Hall–Kier alpha value is -2.32. The van der Waals surface area contributed by atoms with Gasteiger partial charge in [-0.25, -0.2) is 8.42 Å². The maximum absolute atomic E-state index is 12.6. The van der Waals surface area contributed by atoms with Crippen LogP contribution in [0.1, 0.15) is 17.5 Å². The quantitative estimate of drug-likeness (QED) is 0.799. The molecular formula is C19H20N2O4S2. The van der Waals surface area contributed by atoms with Gasteiger partial charge in [0.05, 0.1) is 22.1 Å². The van der Waals surface area contributed by atoms with Gasteiger partial charge in [-0.3, -0.25) is 9.59 Å². The Morgan fingerprint density at radius 1 is 1.22 bits per heavy atom. The van der Waals surface area contributed by atoms with E-state index < -0.39 is 9.84 Å². The molecule has 0 bridgehead atoms. The highest BCUT2D eigenvalue weighted by Crippen LogP contribution is 2.33. The maximum atomic E-state index is 12.6. The number of nitrogens with one attached hydrogen (secondary N) is 2. The van der Waals surface area contributed by atoms with Crippen molar-refractivity contribution < 1.29 is 18.0 Å². The zero-order valence-electron chi connectivity index (χ0n) is 15.0. The van der Waals surface area contributed by atoms with E-state index in [0.717, 1.165) is 16.0 Å². The molecule has 0 aromatic heterocycles. The molecule has 0 spiro atoms. The molecule has 0 aliphatic carbocycles. The van der Waals surface area contributed by atoms with Crippen LogP contribution < -0.4 is 10.6 Å². The fraction of sp³-hybridized carbons (Fsp3) is 0.263. The highest BCUT2D eigenvalue weighted by molar-refractivity contribution is 8.00. The molecule has 6 nitrogen and oxygen atoms in total. The molecule has 0 unspecified atom stereocenters. The van der Waals surface area contributed by atoms with Gasteiger partial charge < -0.3 is 10.6 Å². The smallest absolute Gasteiger partial charge is 0.234 e. The number of thioether (sulfide) groups is 1. The zero-order chi connectivity index (χ0) is 19.6. The molecule has 27 heavy (non-hydrogen) atoms. The highest BCUT2D eigenvalue weighted by atomic mass is 32.2. The summed E-state index contributed by atoms with van der Waals surface area (Å²) < 4.78 is 25.2. The van der Waals surface area contributed by atoms with Crippen molar-refractivity contribution in [1.82, 2.24) is 0 Å². The Labute approximate surface area is 162 Å². The van der Waals surface area contributed by atoms with Crippen molar-refractivity contribution >= 4 is 44.8 Å². The van der Waals surface area contributed by atoms with E-state index in [2.05, 4.69) is 10.6 Å². The van der Waals surface area contributed by atoms with Gasteiger partial charge in [-0.15, -0.1) is 11.8 Å². The number of rotatable bonds is 5. The van der Waals surface area contributed by atoms with E-state index in [0.29, 0.717) is 17.1 Å². The van der Waals surface area contributed by atoms with Crippen LogP contribution in [0.4, 0.5) is 11.4 Å². The van der Waals surface area contributed by atoms with Gasteiger partial charge in [0.1, 0.15) is 0 Å².